The van der Waals surface area contributed by atoms with Gasteiger partial charge in [-0.15, -0.1) is 0 Å². The van der Waals surface area contributed by atoms with E-state index in [1.165, 1.54) is 18.2 Å². The Labute approximate surface area is 257 Å². The molecule has 11 heteroatoms. The number of fused-ring (bicyclic) bond motifs is 1. The summed E-state index contributed by atoms with van der Waals surface area (Å²) in [5.74, 6) is -4.03. The van der Waals surface area contributed by atoms with Crippen LogP contribution in [0.15, 0.2) is 40.9 Å². The molecule has 3 aromatic rings. The molecule has 42 heavy (non-hydrogen) atoms. The second-order valence-electron chi connectivity index (χ2n) is 11.6. The minimum absolute atomic E-state index is 0.0402. The molecule has 1 amide bonds. The van der Waals surface area contributed by atoms with Crippen molar-refractivity contribution in [2.24, 2.45) is 0 Å². The largest absolute Gasteiger partial charge is 0.460 e. The number of pyridine rings is 1. The van der Waals surface area contributed by atoms with Gasteiger partial charge in [0.2, 0.25) is 0 Å². The zero-order valence-electron chi connectivity index (χ0n) is 24.0. The number of esters is 1. The Morgan fingerprint density at radius 1 is 1.17 bits per heavy atom. The number of nitrogens with zero attached hydrogens (tertiary/aromatic N) is 2. The van der Waals surface area contributed by atoms with Gasteiger partial charge in [0.25, 0.3) is 11.8 Å². The number of halogens is 5. The molecule has 2 heterocycles. The van der Waals surface area contributed by atoms with Gasteiger partial charge in [-0.25, -0.2) is 18.2 Å². The number of aromatic nitrogens is 1. The van der Waals surface area contributed by atoms with E-state index in [1.54, 1.807) is 50.8 Å². The molecular formula is C31H34BrClF3N3O3. The lowest BCUT2D eigenvalue weighted by molar-refractivity contribution is -0.155. The van der Waals surface area contributed by atoms with Gasteiger partial charge in [0.05, 0.1) is 11.1 Å². The third-order valence-corrected chi connectivity index (χ3v) is 8.05. The summed E-state index contributed by atoms with van der Waals surface area (Å²) in [5, 5.41) is 3.87. The summed E-state index contributed by atoms with van der Waals surface area (Å²) in [4.78, 5) is 32.9. The monoisotopic (exact) mass is 667 g/mol. The highest BCUT2D eigenvalue weighted by atomic mass is 79.9. The average molecular weight is 669 g/mol. The zero-order valence-corrected chi connectivity index (χ0v) is 26.3. The number of hydrogen-bond donors (Lipinski definition) is 1. The lowest BCUT2D eigenvalue weighted by atomic mass is 9.93. The number of hydrogen-bond acceptors (Lipinski definition) is 5. The number of nitrogens with one attached hydrogen (secondary N) is 1. The third kappa shape index (κ3) is 7.95. The van der Waals surface area contributed by atoms with Crippen molar-refractivity contribution in [3.8, 4) is 0 Å². The summed E-state index contributed by atoms with van der Waals surface area (Å²) >= 11 is 9.89. The van der Waals surface area contributed by atoms with E-state index in [1.807, 2.05) is 0 Å². The number of piperidine rings is 1. The molecule has 0 spiro atoms. The summed E-state index contributed by atoms with van der Waals surface area (Å²) < 4.78 is 48.2. The first-order valence-electron chi connectivity index (χ1n) is 13.8. The number of carbonyl (C=O) groups is 2. The summed E-state index contributed by atoms with van der Waals surface area (Å²) in [6.45, 7) is 7.38. The molecule has 2 aromatic carbocycles. The Balaban J connectivity index is 1.64. The fraction of sp³-hybridized carbons (Fsp3) is 0.452. The van der Waals surface area contributed by atoms with Gasteiger partial charge in [0, 0.05) is 65.3 Å². The van der Waals surface area contributed by atoms with E-state index in [0.29, 0.717) is 38.4 Å². The average Bonchev–Trinajstić information content (AvgIpc) is 2.89. The number of amides is 1. The normalized spacial score (nSPS) is 15.9. The van der Waals surface area contributed by atoms with Gasteiger partial charge in [0.1, 0.15) is 17.2 Å². The number of alkyl halides is 2. The molecule has 1 atom stereocenters. The van der Waals surface area contributed by atoms with Crippen LogP contribution in [-0.2, 0) is 9.53 Å². The minimum Gasteiger partial charge on any atom is -0.460 e. The maximum atomic E-state index is 14.2. The quantitative estimate of drug-likeness (QED) is 0.247. The number of anilines is 1. The van der Waals surface area contributed by atoms with E-state index in [9.17, 15) is 22.8 Å². The molecule has 1 aromatic heterocycles. The van der Waals surface area contributed by atoms with Crippen molar-refractivity contribution in [2.45, 2.75) is 70.8 Å². The molecule has 0 bridgehead atoms. The fourth-order valence-electron chi connectivity index (χ4n) is 5.15. The van der Waals surface area contributed by atoms with Crippen molar-refractivity contribution >= 4 is 56.1 Å². The Bertz CT molecular complexity index is 1490. The van der Waals surface area contributed by atoms with Crippen molar-refractivity contribution in [3.63, 3.8) is 0 Å². The lowest BCUT2D eigenvalue weighted by Crippen LogP contribution is -2.40. The van der Waals surface area contributed by atoms with Crippen LogP contribution in [0.4, 0.5) is 19.0 Å². The summed E-state index contributed by atoms with van der Waals surface area (Å²) in [6.07, 6.45) is -0.282. The van der Waals surface area contributed by atoms with Crippen LogP contribution in [0.2, 0.25) is 5.02 Å². The highest BCUT2D eigenvalue weighted by molar-refractivity contribution is 9.10. The van der Waals surface area contributed by atoms with Gasteiger partial charge in [-0.05, 0) is 76.1 Å². The van der Waals surface area contributed by atoms with Gasteiger partial charge in [-0.3, -0.25) is 9.59 Å². The molecule has 1 unspecified atom stereocenters. The molecule has 1 fully saturated rings. The van der Waals surface area contributed by atoms with E-state index < -0.39 is 35.1 Å². The number of benzene rings is 2. The maximum absolute atomic E-state index is 14.2. The van der Waals surface area contributed by atoms with Crippen molar-refractivity contribution in [2.75, 3.05) is 24.5 Å². The van der Waals surface area contributed by atoms with E-state index in [4.69, 9.17) is 21.3 Å². The maximum Gasteiger partial charge on any atom is 0.306 e. The molecule has 4 rings (SSSR count). The van der Waals surface area contributed by atoms with Gasteiger partial charge in [-0.1, -0.05) is 27.5 Å². The molecule has 1 N–H and O–H groups in total. The highest BCUT2D eigenvalue weighted by Crippen LogP contribution is 2.35. The lowest BCUT2D eigenvalue weighted by Gasteiger charge is -2.34. The third-order valence-electron chi connectivity index (χ3n) is 7.21. The molecule has 1 aliphatic rings. The molecule has 226 valence electrons. The van der Waals surface area contributed by atoms with Crippen LogP contribution in [-0.4, -0.2) is 48.0 Å². The Kier molecular flexibility index (Phi) is 9.77. The number of ether oxygens (including phenoxy) is 1. The van der Waals surface area contributed by atoms with Gasteiger partial charge in [0.15, 0.2) is 0 Å². The van der Waals surface area contributed by atoms with E-state index in [0.717, 1.165) is 4.47 Å². The number of carbonyl (C=O) groups excluding carboxylic acids is 2. The Morgan fingerprint density at radius 2 is 1.86 bits per heavy atom. The standard InChI is InChI=1S/C31H34BrClF3N3O3/c1-18-27(23-15-20(32)6-9-25(23)38-28(18)39-13-11-31(35,36)12-14-39)29(41)37-17-19(5-10-26(40)42-30(2,3)4)22-16-21(34)7-8-24(22)33/h6-9,15-16,19H,5,10-14,17H2,1-4H3,(H,37,41). The molecule has 6 nitrogen and oxygen atoms in total. The van der Waals surface area contributed by atoms with Crippen LogP contribution in [0.1, 0.15) is 73.9 Å². The predicted molar refractivity (Wildman–Crippen MR) is 162 cm³/mol. The molecule has 0 aliphatic carbocycles. The zero-order chi connectivity index (χ0) is 30.8. The van der Waals surface area contributed by atoms with Crippen LogP contribution in [0.5, 0.6) is 0 Å². The fourth-order valence-corrected chi connectivity index (χ4v) is 5.78. The predicted octanol–water partition coefficient (Wildman–Crippen LogP) is 7.97. The second kappa shape index (κ2) is 12.8. The second-order valence-corrected chi connectivity index (χ2v) is 13.0. The first-order chi connectivity index (χ1) is 19.6. The first kappa shape index (κ1) is 32.1. The minimum atomic E-state index is -2.72. The van der Waals surface area contributed by atoms with E-state index in [2.05, 4.69) is 21.2 Å². The van der Waals surface area contributed by atoms with Crippen molar-refractivity contribution in [1.29, 1.82) is 0 Å². The van der Waals surface area contributed by atoms with Crippen molar-refractivity contribution in [1.82, 2.24) is 10.3 Å². The van der Waals surface area contributed by atoms with Crippen LogP contribution in [0.25, 0.3) is 10.9 Å². The van der Waals surface area contributed by atoms with Crippen LogP contribution < -0.4 is 10.2 Å². The summed E-state index contributed by atoms with van der Waals surface area (Å²) in [5.41, 5.74) is 1.29. The molecule has 1 saturated heterocycles. The van der Waals surface area contributed by atoms with Crippen LogP contribution in [0, 0.1) is 12.7 Å². The Hall–Kier alpha value is -2.85. The van der Waals surface area contributed by atoms with Gasteiger partial charge in [-0.2, -0.15) is 0 Å². The van der Waals surface area contributed by atoms with E-state index >= 15 is 0 Å². The van der Waals surface area contributed by atoms with Crippen molar-refractivity contribution in [3.05, 3.63) is 68.4 Å². The smallest absolute Gasteiger partial charge is 0.306 e. The topological polar surface area (TPSA) is 71.5 Å². The molecule has 0 radical (unpaired) electrons. The molecule has 1 aliphatic heterocycles. The Morgan fingerprint density at radius 3 is 2.52 bits per heavy atom. The van der Waals surface area contributed by atoms with Gasteiger partial charge < -0.3 is 15.0 Å². The van der Waals surface area contributed by atoms with Gasteiger partial charge >= 0.3 is 5.97 Å². The number of rotatable bonds is 8. The van der Waals surface area contributed by atoms with Crippen LogP contribution >= 0.6 is 27.5 Å². The molecule has 0 saturated carbocycles. The SMILES string of the molecule is Cc1c(N2CCC(F)(F)CC2)nc2ccc(Br)cc2c1C(=O)NCC(CCC(=O)OC(C)(C)C)c1cc(F)ccc1Cl. The van der Waals surface area contributed by atoms with Crippen LogP contribution in [0.3, 0.4) is 0 Å². The van der Waals surface area contributed by atoms with Crippen molar-refractivity contribution < 1.29 is 27.5 Å². The molecular weight excluding hydrogens is 635 g/mol. The van der Waals surface area contributed by atoms with E-state index in [-0.39, 0.29) is 45.3 Å². The summed E-state index contributed by atoms with van der Waals surface area (Å²) in [6, 6.07) is 9.37. The highest BCUT2D eigenvalue weighted by Gasteiger charge is 2.35. The first-order valence-corrected chi connectivity index (χ1v) is 15.0. The summed E-state index contributed by atoms with van der Waals surface area (Å²) in [7, 11) is 0.